The van der Waals surface area contributed by atoms with E-state index in [2.05, 4.69) is 41.5 Å². The predicted molar refractivity (Wildman–Crippen MR) is 221 cm³/mol. The average Bonchev–Trinajstić information content (AvgIpc) is 3.06. The molecule has 2 N–H and O–H groups in total. The number of hydrogen-bond acceptors (Lipinski definition) is 2. The normalized spacial score (nSPS) is 11.8. The lowest BCUT2D eigenvalue weighted by molar-refractivity contribution is 0.0650. The summed E-state index contributed by atoms with van der Waals surface area (Å²) in [5, 5.41) is 20.6. The third-order valence-corrected chi connectivity index (χ3v) is 11.0. The molecule has 0 heterocycles. The number of hydrogen-bond donors (Lipinski definition) is 2. The summed E-state index contributed by atoms with van der Waals surface area (Å²) in [6.07, 6.45) is 36.1. The second-order valence-corrected chi connectivity index (χ2v) is 17.3. The molecule has 0 spiro atoms. The molecule has 1 rings (SSSR count). The smallest absolute Gasteiger partial charge is 0.336 e. The van der Waals surface area contributed by atoms with Gasteiger partial charge in [0.05, 0.1) is 11.1 Å². The van der Waals surface area contributed by atoms with Crippen molar-refractivity contribution in [2.45, 2.75) is 234 Å². The molecule has 0 fully saturated rings. The zero-order valence-corrected chi connectivity index (χ0v) is 34.7. The Balaban J connectivity index is 2.88. The summed E-state index contributed by atoms with van der Waals surface area (Å²) in [5.41, 5.74) is 3.16. The Morgan fingerprint density at radius 1 is 0.412 bits per heavy atom. The SMILES string of the molecule is CC(C)CCCCCCCCCCc1cc(C(=O)O)c(C(=O)O)c(CCCCCCCCCCC(C)C)c1CCCCCCCCCCC(C)C. The Labute approximate surface area is 316 Å². The van der Waals surface area contributed by atoms with Gasteiger partial charge in [0.2, 0.25) is 0 Å². The molecule has 51 heavy (non-hydrogen) atoms. The summed E-state index contributed by atoms with van der Waals surface area (Å²) < 4.78 is 0. The van der Waals surface area contributed by atoms with Gasteiger partial charge < -0.3 is 10.2 Å². The molecule has 0 aliphatic carbocycles. The van der Waals surface area contributed by atoms with Crippen molar-refractivity contribution in [1.29, 1.82) is 0 Å². The maximum atomic E-state index is 12.7. The molecule has 0 amide bonds. The molecule has 1 aromatic rings. The second-order valence-electron chi connectivity index (χ2n) is 17.3. The summed E-state index contributed by atoms with van der Waals surface area (Å²) in [7, 11) is 0. The van der Waals surface area contributed by atoms with Gasteiger partial charge in [0.25, 0.3) is 0 Å². The third-order valence-electron chi connectivity index (χ3n) is 11.0. The average molecular weight is 713 g/mol. The largest absolute Gasteiger partial charge is 0.478 e. The molecule has 0 aliphatic rings. The monoisotopic (exact) mass is 713 g/mol. The molecule has 0 bridgehead atoms. The molecular weight excluding hydrogens is 629 g/mol. The Morgan fingerprint density at radius 2 is 0.706 bits per heavy atom. The molecule has 0 radical (unpaired) electrons. The van der Waals surface area contributed by atoms with Gasteiger partial charge in [-0.05, 0) is 79.0 Å². The van der Waals surface area contributed by atoms with Crippen molar-refractivity contribution >= 4 is 11.9 Å². The lowest BCUT2D eigenvalue weighted by Gasteiger charge is -2.20. The van der Waals surface area contributed by atoms with Crippen molar-refractivity contribution in [1.82, 2.24) is 0 Å². The second kappa shape index (κ2) is 30.6. The van der Waals surface area contributed by atoms with Gasteiger partial charge in [0.1, 0.15) is 0 Å². The zero-order chi connectivity index (χ0) is 37.7. The molecule has 0 saturated heterocycles. The molecule has 1 aromatic carbocycles. The first-order chi connectivity index (χ1) is 24.5. The first kappa shape index (κ1) is 47.2. The van der Waals surface area contributed by atoms with Crippen LogP contribution in [0.25, 0.3) is 0 Å². The Bertz CT molecular complexity index is 1020. The first-order valence-corrected chi connectivity index (χ1v) is 22.2. The number of carboxylic acid groups (broad SMARTS) is 2. The number of carbonyl (C=O) groups is 2. The fraction of sp³-hybridized carbons (Fsp3) is 0.830. The molecule has 0 aromatic heterocycles. The maximum absolute atomic E-state index is 12.7. The summed E-state index contributed by atoms with van der Waals surface area (Å²) in [5.74, 6) is 0.205. The van der Waals surface area contributed by atoms with Crippen LogP contribution < -0.4 is 0 Å². The van der Waals surface area contributed by atoms with Gasteiger partial charge in [-0.25, -0.2) is 9.59 Å². The standard InChI is InChI=1S/C47H84O4/c1-38(2)31-25-19-13-7-10-16-22-28-34-41-37-44(46(48)49)45(47(50)51)43(36-30-24-18-12-9-15-21-27-33-40(5)6)42(41)35-29-23-17-11-8-14-20-26-32-39(3)4/h37-40H,7-36H2,1-6H3,(H,48,49)(H,50,51). The van der Waals surface area contributed by atoms with E-state index >= 15 is 0 Å². The third kappa shape index (κ3) is 24.2. The van der Waals surface area contributed by atoms with Crippen molar-refractivity contribution < 1.29 is 19.8 Å². The van der Waals surface area contributed by atoms with Crippen LogP contribution in [0.3, 0.4) is 0 Å². The highest BCUT2D eigenvalue weighted by Gasteiger charge is 2.25. The van der Waals surface area contributed by atoms with E-state index in [1.807, 2.05) is 0 Å². The van der Waals surface area contributed by atoms with Crippen LogP contribution in [0.1, 0.15) is 252 Å². The number of unbranched alkanes of at least 4 members (excludes halogenated alkanes) is 21. The van der Waals surface area contributed by atoms with Gasteiger partial charge in [-0.1, -0.05) is 196 Å². The minimum absolute atomic E-state index is 0.00323. The molecular formula is C47H84O4. The van der Waals surface area contributed by atoms with E-state index in [4.69, 9.17) is 0 Å². The highest BCUT2D eigenvalue weighted by atomic mass is 16.4. The van der Waals surface area contributed by atoms with E-state index < -0.39 is 11.9 Å². The van der Waals surface area contributed by atoms with E-state index in [1.165, 1.54) is 140 Å². The van der Waals surface area contributed by atoms with E-state index in [0.29, 0.717) is 6.42 Å². The van der Waals surface area contributed by atoms with Crippen LogP contribution in [-0.2, 0) is 19.3 Å². The van der Waals surface area contributed by atoms with Crippen molar-refractivity contribution in [2.75, 3.05) is 0 Å². The molecule has 0 saturated carbocycles. The minimum Gasteiger partial charge on any atom is -0.478 e. The summed E-state index contributed by atoms with van der Waals surface area (Å²) in [6.45, 7) is 13.8. The fourth-order valence-electron chi connectivity index (χ4n) is 7.82. The number of carboxylic acids is 2. The van der Waals surface area contributed by atoms with Gasteiger partial charge in [0, 0.05) is 0 Å². The maximum Gasteiger partial charge on any atom is 0.336 e. The quantitative estimate of drug-likeness (QED) is 0.0687. The van der Waals surface area contributed by atoms with Gasteiger partial charge in [-0.2, -0.15) is 0 Å². The predicted octanol–water partition coefficient (Wildman–Crippen LogP) is 15.2. The van der Waals surface area contributed by atoms with E-state index in [9.17, 15) is 19.8 Å². The molecule has 0 aliphatic heterocycles. The Morgan fingerprint density at radius 3 is 1.02 bits per heavy atom. The van der Waals surface area contributed by atoms with Crippen LogP contribution in [0.4, 0.5) is 0 Å². The summed E-state index contributed by atoms with van der Waals surface area (Å²) in [6, 6.07) is 1.75. The number of aromatic carboxylic acids is 2. The van der Waals surface area contributed by atoms with Crippen molar-refractivity contribution in [3.8, 4) is 0 Å². The number of benzene rings is 1. The van der Waals surface area contributed by atoms with Crippen LogP contribution in [0.15, 0.2) is 6.07 Å². The van der Waals surface area contributed by atoms with Crippen molar-refractivity contribution in [3.05, 3.63) is 33.9 Å². The van der Waals surface area contributed by atoms with Gasteiger partial charge >= 0.3 is 11.9 Å². The Hall–Kier alpha value is -1.84. The van der Waals surface area contributed by atoms with Crippen LogP contribution >= 0.6 is 0 Å². The van der Waals surface area contributed by atoms with Crippen molar-refractivity contribution in [2.24, 2.45) is 17.8 Å². The van der Waals surface area contributed by atoms with Crippen LogP contribution in [0, 0.1) is 17.8 Å². The lowest BCUT2D eigenvalue weighted by atomic mass is 9.84. The highest BCUT2D eigenvalue weighted by Crippen LogP contribution is 2.30. The molecule has 0 unspecified atom stereocenters. The fourth-order valence-corrected chi connectivity index (χ4v) is 7.82. The van der Waals surface area contributed by atoms with E-state index in [1.54, 1.807) is 6.07 Å². The van der Waals surface area contributed by atoms with Crippen LogP contribution in [0.2, 0.25) is 0 Å². The molecule has 4 heteroatoms. The van der Waals surface area contributed by atoms with Crippen LogP contribution in [-0.4, -0.2) is 22.2 Å². The highest BCUT2D eigenvalue weighted by molar-refractivity contribution is 6.03. The lowest BCUT2D eigenvalue weighted by Crippen LogP contribution is -2.16. The van der Waals surface area contributed by atoms with Gasteiger partial charge in [-0.3, -0.25) is 0 Å². The van der Waals surface area contributed by atoms with E-state index in [0.717, 1.165) is 80.2 Å². The first-order valence-electron chi connectivity index (χ1n) is 22.2. The van der Waals surface area contributed by atoms with Crippen molar-refractivity contribution in [3.63, 3.8) is 0 Å². The molecule has 296 valence electrons. The van der Waals surface area contributed by atoms with Gasteiger partial charge in [0.15, 0.2) is 0 Å². The summed E-state index contributed by atoms with van der Waals surface area (Å²) in [4.78, 5) is 25.1. The topological polar surface area (TPSA) is 74.6 Å². The Kier molecular flexibility index (Phi) is 28.3. The van der Waals surface area contributed by atoms with Gasteiger partial charge in [-0.15, -0.1) is 0 Å². The number of rotatable bonds is 35. The zero-order valence-electron chi connectivity index (χ0n) is 34.7. The minimum atomic E-state index is -1.11. The number of aryl methyl sites for hydroxylation is 1. The van der Waals surface area contributed by atoms with E-state index in [-0.39, 0.29) is 11.1 Å². The molecule has 0 atom stereocenters. The molecule has 4 nitrogen and oxygen atoms in total. The van der Waals surface area contributed by atoms with Crippen LogP contribution in [0.5, 0.6) is 0 Å². The summed E-state index contributed by atoms with van der Waals surface area (Å²) >= 11 is 0.